The van der Waals surface area contributed by atoms with Gasteiger partial charge in [0, 0.05) is 36.5 Å². The minimum atomic E-state index is -0.227. The number of methoxy groups -OCH3 is 1. The number of amides is 1. The van der Waals surface area contributed by atoms with Gasteiger partial charge in [0.15, 0.2) is 5.76 Å². The number of halogens is 1. The van der Waals surface area contributed by atoms with E-state index in [1.165, 1.54) is 0 Å². The molecule has 0 aliphatic carbocycles. The first-order valence-electron chi connectivity index (χ1n) is 10.5. The number of rotatable bonds is 9. The van der Waals surface area contributed by atoms with Crippen molar-refractivity contribution in [2.45, 2.75) is 33.1 Å². The van der Waals surface area contributed by atoms with Gasteiger partial charge >= 0.3 is 0 Å². The topological polar surface area (TPSA) is 50.8 Å². The van der Waals surface area contributed by atoms with E-state index in [4.69, 9.17) is 9.47 Å². The fraction of sp³-hybridized carbons (Fsp3) is 0.269. The van der Waals surface area contributed by atoms with E-state index in [1.807, 2.05) is 73.5 Å². The highest BCUT2D eigenvalue weighted by atomic mass is 79.9. The maximum absolute atomic E-state index is 13.4. The highest BCUT2D eigenvalue weighted by Gasteiger charge is 2.30. The SMILES string of the molecule is C=C1C(Br)=CN(CC(C)OC)C(C(=O)NCc2cccc(C)c2)=C1OCc1ccccc1. The first-order chi connectivity index (χ1) is 15.4. The predicted molar refractivity (Wildman–Crippen MR) is 131 cm³/mol. The van der Waals surface area contributed by atoms with Crippen LogP contribution in [0.3, 0.4) is 0 Å². The summed E-state index contributed by atoms with van der Waals surface area (Å²) >= 11 is 3.57. The molecule has 0 saturated carbocycles. The van der Waals surface area contributed by atoms with Crippen LogP contribution in [0.4, 0.5) is 0 Å². The standard InChI is InChI=1S/C26H29BrN2O3/c1-18-9-8-12-22(13-18)14-28-26(30)24-25(32-17-21-10-6-5-7-11-21)20(3)23(27)16-29(24)15-19(2)31-4/h5-13,16,19H,3,14-15,17H2,1-2,4H3,(H,28,30). The molecule has 1 unspecified atom stereocenters. The van der Waals surface area contributed by atoms with Crippen LogP contribution in [0.15, 0.2) is 88.9 Å². The molecule has 1 atom stereocenters. The highest BCUT2D eigenvalue weighted by molar-refractivity contribution is 9.12. The summed E-state index contributed by atoms with van der Waals surface area (Å²) in [6.45, 7) is 9.38. The molecule has 32 heavy (non-hydrogen) atoms. The largest absolute Gasteiger partial charge is 0.486 e. The molecule has 1 heterocycles. The zero-order valence-corrected chi connectivity index (χ0v) is 20.3. The van der Waals surface area contributed by atoms with Crippen LogP contribution in [-0.4, -0.2) is 30.6 Å². The molecule has 1 aliphatic rings. The van der Waals surface area contributed by atoms with Crippen LogP contribution in [0.2, 0.25) is 0 Å². The fourth-order valence-electron chi connectivity index (χ4n) is 3.36. The van der Waals surface area contributed by atoms with Gasteiger partial charge in [-0.2, -0.15) is 0 Å². The quantitative estimate of drug-likeness (QED) is 0.519. The normalized spacial score (nSPS) is 14.8. The molecule has 0 radical (unpaired) electrons. The van der Waals surface area contributed by atoms with Crippen LogP contribution in [0.25, 0.3) is 0 Å². The van der Waals surface area contributed by atoms with Crippen molar-refractivity contribution in [1.29, 1.82) is 0 Å². The Kier molecular flexibility index (Phi) is 8.31. The second-order valence-corrected chi connectivity index (χ2v) is 8.63. The van der Waals surface area contributed by atoms with Crippen LogP contribution in [0, 0.1) is 6.92 Å². The second-order valence-electron chi connectivity index (χ2n) is 7.78. The van der Waals surface area contributed by atoms with Gasteiger partial charge in [0.2, 0.25) is 0 Å². The molecule has 1 aliphatic heterocycles. The van der Waals surface area contributed by atoms with Crippen molar-refractivity contribution in [1.82, 2.24) is 10.2 Å². The number of carbonyl (C=O) groups excluding carboxylic acids is 1. The lowest BCUT2D eigenvalue weighted by Gasteiger charge is -2.32. The van der Waals surface area contributed by atoms with Crippen LogP contribution in [-0.2, 0) is 27.4 Å². The van der Waals surface area contributed by atoms with Crippen LogP contribution < -0.4 is 5.32 Å². The van der Waals surface area contributed by atoms with Crippen molar-refractivity contribution in [3.8, 4) is 0 Å². The van der Waals surface area contributed by atoms with Gasteiger partial charge in [-0.25, -0.2) is 0 Å². The average molecular weight is 497 g/mol. The Morgan fingerprint density at radius 2 is 1.88 bits per heavy atom. The number of benzene rings is 2. The molecule has 5 nitrogen and oxygen atoms in total. The molecule has 1 N–H and O–H groups in total. The molecule has 1 amide bonds. The Morgan fingerprint density at radius 1 is 1.16 bits per heavy atom. The average Bonchev–Trinajstić information content (AvgIpc) is 2.79. The minimum Gasteiger partial charge on any atom is -0.486 e. The Morgan fingerprint density at radius 3 is 2.56 bits per heavy atom. The van der Waals surface area contributed by atoms with Gasteiger partial charge in [0.1, 0.15) is 12.3 Å². The molecule has 3 rings (SSSR count). The second kappa shape index (κ2) is 11.2. The van der Waals surface area contributed by atoms with Crippen molar-refractivity contribution in [3.63, 3.8) is 0 Å². The van der Waals surface area contributed by atoms with Gasteiger partial charge in [-0.1, -0.05) is 66.7 Å². The third-order valence-electron chi connectivity index (χ3n) is 5.17. The molecular weight excluding hydrogens is 468 g/mol. The van der Waals surface area contributed by atoms with Crippen LogP contribution in [0.1, 0.15) is 23.6 Å². The zero-order valence-electron chi connectivity index (χ0n) is 18.7. The number of allylic oxidation sites excluding steroid dienone is 1. The summed E-state index contributed by atoms with van der Waals surface area (Å²) in [7, 11) is 1.65. The highest BCUT2D eigenvalue weighted by Crippen LogP contribution is 2.34. The van der Waals surface area contributed by atoms with E-state index in [9.17, 15) is 4.79 Å². The predicted octanol–water partition coefficient (Wildman–Crippen LogP) is 5.18. The van der Waals surface area contributed by atoms with Gasteiger partial charge in [0.05, 0.1) is 6.10 Å². The molecule has 0 aromatic heterocycles. The van der Waals surface area contributed by atoms with Gasteiger partial charge < -0.3 is 19.7 Å². The van der Waals surface area contributed by atoms with Gasteiger partial charge in [0.25, 0.3) is 5.91 Å². The lowest BCUT2D eigenvalue weighted by molar-refractivity contribution is -0.119. The number of nitrogens with zero attached hydrogens (tertiary/aromatic N) is 1. The molecule has 0 spiro atoms. The van der Waals surface area contributed by atoms with E-state index in [0.717, 1.165) is 21.2 Å². The monoisotopic (exact) mass is 496 g/mol. The number of carbonyl (C=O) groups is 1. The first-order valence-corrected chi connectivity index (χ1v) is 11.3. The summed E-state index contributed by atoms with van der Waals surface area (Å²) in [6.07, 6.45) is 1.77. The Hall–Kier alpha value is -2.83. The number of hydrogen-bond donors (Lipinski definition) is 1. The van der Waals surface area contributed by atoms with E-state index < -0.39 is 0 Å². The lowest BCUT2D eigenvalue weighted by atomic mass is 10.1. The Bertz CT molecular complexity index is 1030. The maximum Gasteiger partial charge on any atom is 0.272 e. The minimum absolute atomic E-state index is 0.0899. The molecule has 168 valence electrons. The smallest absolute Gasteiger partial charge is 0.272 e. The number of nitrogens with one attached hydrogen (secondary N) is 1. The van der Waals surface area contributed by atoms with Gasteiger partial charge in [-0.15, -0.1) is 0 Å². The summed E-state index contributed by atoms with van der Waals surface area (Å²) in [4.78, 5) is 15.3. The maximum atomic E-state index is 13.4. The molecule has 6 heteroatoms. The summed E-state index contributed by atoms with van der Waals surface area (Å²) in [5.41, 5.74) is 4.24. The molecule has 0 saturated heterocycles. The number of aryl methyl sites for hydroxylation is 1. The molecule has 2 aromatic rings. The van der Waals surface area contributed by atoms with Crippen molar-refractivity contribution in [3.05, 3.63) is 106 Å². The summed E-state index contributed by atoms with van der Waals surface area (Å²) in [5.74, 6) is 0.226. The first kappa shape index (κ1) is 23.8. The van der Waals surface area contributed by atoms with Crippen molar-refractivity contribution >= 4 is 21.8 Å². The van der Waals surface area contributed by atoms with E-state index in [-0.39, 0.29) is 12.0 Å². The summed E-state index contributed by atoms with van der Waals surface area (Å²) in [5, 5.41) is 3.04. The Labute approximate surface area is 198 Å². The summed E-state index contributed by atoms with van der Waals surface area (Å²) < 4.78 is 12.4. The third-order valence-corrected chi connectivity index (χ3v) is 5.85. The number of hydrogen-bond acceptors (Lipinski definition) is 4. The molecule has 2 aromatic carbocycles. The molecule has 0 bridgehead atoms. The van der Waals surface area contributed by atoms with Crippen molar-refractivity contribution in [2.24, 2.45) is 0 Å². The van der Waals surface area contributed by atoms with Crippen molar-refractivity contribution < 1.29 is 14.3 Å². The summed E-state index contributed by atoms with van der Waals surface area (Å²) in [6, 6.07) is 17.9. The fourth-order valence-corrected chi connectivity index (χ4v) is 3.79. The van der Waals surface area contributed by atoms with Crippen LogP contribution in [0.5, 0.6) is 0 Å². The lowest BCUT2D eigenvalue weighted by Crippen LogP contribution is -2.39. The Balaban J connectivity index is 1.89. The van der Waals surface area contributed by atoms with Gasteiger partial charge in [-0.05, 0) is 40.9 Å². The van der Waals surface area contributed by atoms with E-state index in [0.29, 0.717) is 36.7 Å². The van der Waals surface area contributed by atoms with Gasteiger partial charge in [-0.3, -0.25) is 4.79 Å². The van der Waals surface area contributed by atoms with E-state index in [1.54, 1.807) is 7.11 Å². The van der Waals surface area contributed by atoms with Crippen LogP contribution >= 0.6 is 15.9 Å². The van der Waals surface area contributed by atoms with E-state index in [2.05, 4.69) is 33.9 Å². The third kappa shape index (κ3) is 6.11. The molecule has 0 fully saturated rings. The zero-order chi connectivity index (χ0) is 23.1. The molecular formula is C26H29BrN2O3. The van der Waals surface area contributed by atoms with E-state index >= 15 is 0 Å². The number of ether oxygens (including phenoxy) is 2. The van der Waals surface area contributed by atoms with Crippen molar-refractivity contribution in [2.75, 3.05) is 13.7 Å².